The Balaban J connectivity index is 0.00000450. The zero-order valence-corrected chi connectivity index (χ0v) is 21.1. The molecule has 1 fully saturated rings. The molecule has 0 radical (unpaired) electrons. The molecule has 0 bridgehead atoms. The summed E-state index contributed by atoms with van der Waals surface area (Å²) in [6.45, 7) is 7.33. The summed E-state index contributed by atoms with van der Waals surface area (Å²) in [6, 6.07) is 8.76. The molecule has 2 rings (SSSR count). The number of methoxy groups -OCH3 is 1. The Morgan fingerprint density at radius 3 is 2.47 bits per heavy atom. The maximum Gasteiger partial charge on any atom is 0.191 e. The van der Waals surface area contributed by atoms with Crippen LogP contribution in [0.25, 0.3) is 0 Å². The molecule has 1 aromatic rings. The Bertz CT molecular complexity index is 592. The molecule has 1 heterocycles. The third-order valence-electron chi connectivity index (χ3n) is 5.34. The monoisotopic (exact) mass is 533 g/mol. The van der Waals surface area contributed by atoms with Crippen molar-refractivity contribution >= 4 is 29.9 Å². The Labute approximate surface area is 199 Å². The van der Waals surface area contributed by atoms with E-state index in [4.69, 9.17) is 4.74 Å². The Hall–Kier alpha value is -0.940. The summed E-state index contributed by atoms with van der Waals surface area (Å²) >= 11 is 0. The number of likely N-dealkylation sites (tertiary alicyclic amines) is 1. The van der Waals surface area contributed by atoms with Crippen molar-refractivity contribution < 1.29 is 9.84 Å². The standard InChI is InChI=1S/C22H39N5O2.HI/c1-23-22(24-11-15-26(2)12-4-16-29-3)25-17-19-5-7-20(8-6-19)18-27-13-9-21(28)10-14-27;/h5-8,21,28H,4,9-18H2,1-3H3,(H2,23,24,25);1H. The summed E-state index contributed by atoms with van der Waals surface area (Å²) in [4.78, 5) is 9.01. The number of likely N-dealkylation sites (N-methyl/N-ethyl adjacent to an activating group) is 1. The van der Waals surface area contributed by atoms with Gasteiger partial charge in [-0.05, 0) is 37.4 Å². The van der Waals surface area contributed by atoms with Crippen LogP contribution in [0.5, 0.6) is 0 Å². The third kappa shape index (κ3) is 10.9. The van der Waals surface area contributed by atoms with Crippen molar-refractivity contribution in [2.45, 2.75) is 38.5 Å². The number of hydrogen-bond acceptors (Lipinski definition) is 5. The summed E-state index contributed by atoms with van der Waals surface area (Å²) in [6.07, 6.45) is 2.71. The highest BCUT2D eigenvalue weighted by atomic mass is 127. The molecule has 0 amide bonds. The second-order valence-electron chi connectivity index (χ2n) is 7.83. The number of nitrogens with one attached hydrogen (secondary N) is 2. The minimum absolute atomic E-state index is 0. The van der Waals surface area contributed by atoms with Gasteiger partial charge in [0.25, 0.3) is 0 Å². The first kappa shape index (κ1) is 27.1. The molecule has 0 spiro atoms. The van der Waals surface area contributed by atoms with Crippen LogP contribution in [0.3, 0.4) is 0 Å². The molecule has 1 aliphatic rings. The number of halogens is 1. The lowest BCUT2D eigenvalue weighted by Gasteiger charge is -2.29. The fourth-order valence-corrected chi connectivity index (χ4v) is 3.46. The maximum absolute atomic E-state index is 9.62. The van der Waals surface area contributed by atoms with Crippen molar-refractivity contribution in [1.29, 1.82) is 0 Å². The van der Waals surface area contributed by atoms with E-state index in [-0.39, 0.29) is 30.1 Å². The number of rotatable bonds is 11. The molecule has 0 saturated carbocycles. The van der Waals surface area contributed by atoms with Gasteiger partial charge in [-0.15, -0.1) is 24.0 Å². The van der Waals surface area contributed by atoms with Crippen LogP contribution in [0.4, 0.5) is 0 Å². The van der Waals surface area contributed by atoms with Crippen LogP contribution >= 0.6 is 24.0 Å². The van der Waals surface area contributed by atoms with Gasteiger partial charge in [0.1, 0.15) is 0 Å². The lowest BCUT2D eigenvalue weighted by molar-refractivity contribution is 0.0792. The normalized spacial score (nSPS) is 15.8. The lowest BCUT2D eigenvalue weighted by Crippen LogP contribution is -2.40. The molecule has 0 aliphatic carbocycles. The Morgan fingerprint density at radius 2 is 1.83 bits per heavy atom. The molecule has 172 valence electrons. The van der Waals surface area contributed by atoms with E-state index in [9.17, 15) is 5.11 Å². The summed E-state index contributed by atoms with van der Waals surface area (Å²) in [5.74, 6) is 0.825. The molecule has 1 aliphatic heterocycles. The number of hydrogen-bond donors (Lipinski definition) is 3. The largest absolute Gasteiger partial charge is 0.393 e. The number of guanidine groups is 1. The van der Waals surface area contributed by atoms with Crippen molar-refractivity contribution in [3.05, 3.63) is 35.4 Å². The van der Waals surface area contributed by atoms with E-state index >= 15 is 0 Å². The first-order chi connectivity index (χ1) is 14.1. The topological polar surface area (TPSA) is 72.4 Å². The number of benzene rings is 1. The smallest absolute Gasteiger partial charge is 0.191 e. The van der Waals surface area contributed by atoms with E-state index in [1.165, 1.54) is 11.1 Å². The number of aliphatic hydroxyl groups excluding tert-OH is 1. The van der Waals surface area contributed by atoms with E-state index < -0.39 is 0 Å². The van der Waals surface area contributed by atoms with Crippen LogP contribution in [0.1, 0.15) is 30.4 Å². The number of aliphatic hydroxyl groups is 1. The third-order valence-corrected chi connectivity index (χ3v) is 5.34. The minimum atomic E-state index is -0.112. The van der Waals surface area contributed by atoms with E-state index in [2.05, 4.69) is 56.7 Å². The molecule has 8 heteroatoms. The van der Waals surface area contributed by atoms with Crippen LogP contribution in [-0.2, 0) is 17.8 Å². The van der Waals surface area contributed by atoms with Gasteiger partial charge in [-0.1, -0.05) is 24.3 Å². The Morgan fingerprint density at radius 1 is 1.17 bits per heavy atom. The average molecular weight is 533 g/mol. The fourth-order valence-electron chi connectivity index (χ4n) is 3.46. The summed E-state index contributed by atoms with van der Waals surface area (Å²) in [5.41, 5.74) is 2.56. The highest BCUT2D eigenvalue weighted by molar-refractivity contribution is 14.0. The van der Waals surface area contributed by atoms with Crippen LogP contribution in [0, 0.1) is 0 Å². The zero-order valence-electron chi connectivity index (χ0n) is 18.8. The number of piperidine rings is 1. The van der Waals surface area contributed by atoms with E-state index in [0.717, 1.165) is 77.6 Å². The molecule has 0 atom stereocenters. The number of aliphatic imine (C=N–C) groups is 1. The molecule has 0 aromatic heterocycles. The first-order valence-corrected chi connectivity index (χ1v) is 10.7. The quantitative estimate of drug-likeness (QED) is 0.175. The van der Waals surface area contributed by atoms with Crippen LogP contribution in [-0.4, -0.2) is 87.5 Å². The molecule has 1 aromatic carbocycles. The minimum Gasteiger partial charge on any atom is -0.393 e. The second-order valence-corrected chi connectivity index (χ2v) is 7.83. The van der Waals surface area contributed by atoms with Crippen molar-refractivity contribution in [3.8, 4) is 0 Å². The summed E-state index contributed by atoms with van der Waals surface area (Å²) < 4.78 is 5.09. The molecular formula is C22H40IN5O2. The highest BCUT2D eigenvalue weighted by Gasteiger charge is 2.16. The van der Waals surface area contributed by atoms with Gasteiger partial charge in [0.15, 0.2) is 5.96 Å². The predicted molar refractivity (Wildman–Crippen MR) is 135 cm³/mol. The molecule has 7 nitrogen and oxygen atoms in total. The van der Waals surface area contributed by atoms with Crippen molar-refractivity contribution in [3.63, 3.8) is 0 Å². The highest BCUT2D eigenvalue weighted by Crippen LogP contribution is 2.14. The molecule has 30 heavy (non-hydrogen) atoms. The molecule has 0 unspecified atom stereocenters. The van der Waals surface area contributed by atoms with Crippen molar-refractivity contribution in [2.75, 3.05) is 60.5 Å². The fraction of sp³-hybridized carbons (Fsp3) is 0.682. The van der Waals surface area contributed by atoms with Gasteiger partial charge >= 0.3 is 0 Å². The van der Waals surface area contributed by atoms with Crippen LogP contribution < -0.4 is 10.6 Å². The second kappa shape index (κ2) is 15.8. The maximum atomic E-state index is 9.62. The van der Waals surface area contributed by atoms with E-state index in [1.54, 1.807) is 14.2 Å². The van der Waals surface area contributed by atoms with Gasteiger partial charge in [-0.25, -0.2) is 0 Å². The number of nitrogens with zero attached hydrogens (tertiary/aromatic N) is 3. The van der Waals surface area contributed by atoms with Gasteiger partial charge in [-0.3, -0.25) is 9.89 Å². The van der Waals surface area contributed by atoms with Crippen molar-refractivity contribution in [1.82, 2.24) is 20.4 Å². The van der Waals surface area contributed by atoms with E-state index in [0.29, 0.717) is 0 Å². The summed E-state index contributed by atoms with van der Waals surface area (Å²) in [7, 11) is 5.67. The van der Waals surface area contributed by atoms with Crippen LogP contribution in [0.15, 0.2) is 29.3 Å². The number of ether oxygens (including phenoxy) is 1. The van der Waals surface area contributed by atoms with Gasteiger partial charge in [-0.2, -0.15) is 0 Å². The lowest BCUT2D eigenvalue weighted by atomic mass is 10.1. The van der Waals surface area contributed by atoms with E-state index in [1.807, 2.05) is 0 Å². The Kier molecular flexibility index (Phi) is 14.3. The SMILES string of the molecule is CN=C(NCCN(C)CCCOC)NCc1ccc(CN2CCC(O)CC2)cc1.I. The van der Waals surface area contributed by atoms with Gasteiger partial charge in [0.2, 0.25) is 0 Å². The average Bonchev–Trinajstić information content (AvgIpc) is 2.73. The molecule has 3 N–H and O–H groups in total. The van der Waals surface area contributed by atoms with Gasteiger partial charge in [0.05, 0.1) is 6.10 Å². The zero-order chi connectivity index (χ0) is 20.9. The predicted octanol–water partition coefficient (Wildman–Crippen LogP) is 1.89. The van der Waals surface area contributed by atoms with Crippen molar-refractivity contribution in [2.24, 2.45) is 4.99 Å². The molecular weight excluding hydrogens is 493 g/mol. The van der Waals surface area contributed by atoms with Gasteiger partial charge in [0, 0.05) is 66.6 Å². The first-order valence-electron chi connectivity index (χ1n) is 10.7. The molecule has 1 saturated heterocycles. The van der Waals surface area contributed by atoms with Crippen LogP contribution in [0.2, 0.25) is 0 Å². The summed E-state index contributed by atoms with van der Waals surface area (Å²) in [5, 5.41) is 16.4. The van der Waals surface area contributed by atoms with Gasteiger partial charge < -0.3 is 25.4 Å².